The highest BCUT2D eigenvalue weighted by Gasteiger charge is 2.29. The molecule has 0 spiro atoms. The molecule has 9 nitrogen and oxygen atoms in total. The molecule has 0 saturated carbocycles. The molecule has 0 aliphatic carbocycles. The number of ether oxygens (including phenoxy) is 1. The van der Waals surface area contributed by atoms with Crippen molar-refractivity contribution in [3.05, 3.63) is 65.1 Å². The molecule has 0 fully saturated rings. The topological polar surface area (TPSA) is 115 Å². The van der Waals surface area contributed by atoms with Crippen molar-refractivity contribution in [2.24, 2.45) is 0 Å². The van der Waals surface area contributed by atoms with Crippen LogP contribution < -0.4 is 4.74 Å². The van der Waals surface area contributed by atoms with Gasteiger partial charge in [-0.1, -0.05) is 12.1 Å². The highest BCUT2D eigenvalue weighted by Crippen LogP contribution is 2.48. The van der Waals surface area contributed by atoms with Gasteiger partial charge in [0.05, 0.1) is 37.1 Å². The van der Waals surface area contributed by atoms with Crippen LogP contribution in [0.15, 0.2) is 42.6 Å². The fourth-order valence-corrected chi connectivity index (χ4v) is 5.51. The molecule has 0 radical (unpaired) electrons. The molecule has 1 heterocycles. The number of carbonyl (C=O) groups excluding carboxylic acids is 2. The van der Waals surface area contributed by atoms with E-state index >= 15 is 0 Å². The lowest BCUT2D eigenvalue weighted by Crippen LogP contribution is -2.28. The first kappa shape index (κ1) is 28.2. The van der Waals surface area contributed by atoms with Crippen molar-refractivity contribution >= 4 is 30.7 Å². The Morgan fingerprint density at radius 3 is 2.46 bits per heavy atom. The highest BCUT2D eigenvalue weighted by atomic mass is 31.2. The monoisotopic (exact) mass is 532 g/mol. The van der Waals surface area contributed by atoms with Gasteiger partial charge in [0.2, 0.25) is 0 Å². The molecular formula is C26H30FN2O7P. The van der Waals surface area contributed by atoms with Crippen molar-refractivity contribution in [1.82, 2.24) is 9.88 Å². The van der Waals surface area contributed by atoms with Crippen LogP contribution in [-0.2, 0) is 20.2 Å². The Hall–Kier alpha value is -3.33. The number of halogens is 1. The van der Waals surface area contributed by atoms with Crippen LogP contribution in [0.25, 0.3) is 10.9 Å². The molecule has 1 N–H and O–H groups in total. The van der Waals surface area contributed by atoms with Crippen molar-refractivity contribution in [3.63, 3.8) is 0 Å². The second-order valence-electron chi connectivity index (χ2n) is 8.14. The maximum atomic E-state index is 13.6. The molecule has 11 heteroatoms. The minimum atomic E-state index is -3.29. The number of amides is 1. The molecule has 3 aromatic rings. The van der Waals surface area contributed by atoms with E-state index < -0.39 is 25.1 Å². The Labute approximate surface area is 214 Å². The zero-order chi connectivity index (χ0) is 27.0. The van der Waals surface area contributed by atoms with E-state index in [1.807, 2.05) is 0 Å². The summed E-state index contributed by atoms with van der Waals surface area (Å²) in [7, 11) is -1.77. The first-order valence-electron chi connectivity index (χ1n) is 11.8. The van der Waals surface area contributed by atoms with Crippen LogP contribution in [0.5, 0.6) is 11.5 Å². The second-order valence-corrected chi connectivity index (χ2v) is 10.3. The quantitative estimate of drug-likeness (QED) is 0.182. The van der Waals surface area contributed by atoms with Crippen LogP contribution >= 0.6 is 7.60 Å². The number of nitrogens with zero attached hydrogens (tertiary/aromatic N) is 2. The Balaban J connectivity index is 1.96. The largest absolute Gasteiger partial charge is 0.505 e. The number of pyridine rings is 1. The Bertz CT molecular complexity index is 1290. The van der Waals surface area contributed by atoms with E-state index in [0.29, 0.717) is 17.2 Å². The first-order valence-corrected chi connectivity index (χ1v) is 13.6. The van der Waals surface area contributed by atoms with Gasteiger partial charge < -0.3 is 23.8 Å². The number of rotatable bonds is 13. The van der Waals surface area contributed by atoms with Gasteiger partial charge in [-0.15, -0.1) is 0 Å². The molecule has 0 aliphatic rings. The number of phenols is 1. The predicted molar refractivity (Wildman–Crippen MR) is 137 cm³/mol. The van der Waals surface area contributed by atoms with Gasteiger partial charge in [-0.3, -0.25) is 19.1 Å². The fourth-order valence-electron chi connectivity index (χ4n) is 3.88. The first-order chi connectivity index (χ1) is 17.7. The Morgan fingerprint density at radius 1 is 1.16 bits per heavy atom. The molecule has 198 valence electrons. The van der Waals surface area contributed by atoms with E-state index in [-0.39, 0.29) is 61.3 Å². The van der Waals surface area contributed by atoms with Crippen LogP contribution in [0.1, 0.15) is 46.5 Å². The maximum absolute atomic E-state index is 13.6. The third kappa shape index (κ3) is 6.71. The highest BCUT2D eigenvalue weighted by molar-refractivity contribution is 7.53. The minimum Gasteiger partial charge on any atom is -0.505 e. The lowest BCUT2D eigenvalue weighted by Gasteiger charge is -2.22. The SMILES string of the molecule is CCOP(=O)(CCCOc1c(C(=O)N(C)Cc2ccc(F)cc2)c(C=O)c(O)c2ncccc12)OCC. The number of aromatic hydroxyl groups is 1. The molecule has 3 rings (SSSR count). The number of hydrogen-bond acceptors (Lipinski definition) is 8. The number of benzene rings is 2. The summed E-state index contributed by atoms with van der Waals surface area (Å²) < 4.78 is 42.7. The average molecular weight is 533 g/mol. The van der Waals surface area contributed by atoms with Gasteiger partial charge in [-0.05, 0) is 50.1 Å². The summed E-state index contributed by atoms with van der Waals surface area (Å²) in [6.07, 6.45) is 2.20. The number of hydrogen-bond donors (Lipinski definition) is 1. The van der Waals surface area contributed by atoms with E-state index in [0.717, 1.165) is 0 Å². The summed E-state index contributed by atoms with van der Waals surface area (Å²) in [5.41, 5.74) is 0.384. The van der Waals surface area contributed by atoms with Gasteiger partial charge in [-0.25, -0.2) is 4.39 Å². The Kier molecular flexibility index (Phi) is 9.74. The third-order valence-corrected chi connectivity index (χ3v) is 7.68. The van der Waals surface area contributed by atoms with Crippen molar-refractivity contribution in [2.45, 2.75) is 26.8 Å². The molecule has 0 atom stereocenters. The van der Waals surface area contributed by atoms with Crippen LogP contribution in [0.4, 0.5) is 4.39 Å². The van der Waals surface area contributed by atoms with Gasteiger partial charge in [0, 0.05) is 25.2 Å². The molecule has 1 amide bonds. The Morgan fingerprint density at radius 2 is 1.84 bits per heavy atom. The van der Waals surface area contributed by atoms with Crippen LogP contribution in [0, 0.1) is 5.82 Å². The minimum absolute atomic E-state index is 0.0269. The van der Waals surface area contributed by atoms with Gasteiger partial charge in [0.25, 0.3) is 5.91 Å². The van der Waals surface area contributed by atoms with E-state index in [1.54, 1.807) is 38.1 Å². The van der Waals surface area contributed by atoms with Crippen LogP contribution in [-0.4, -0.2) is 60.2 Å². The van der Waals surface area contributed by atoms with Crippen molar-refractivity contribution in [2.75, 3.05) is 33.0 Å². The molecule has 0 saturated heterocycles. The van der Waals surface area contributed by atoms with Gasteiger partial charge in [0.15, 0.2) is 12.0 Å². The zero-order valence-corrected chi connectivity index (χ0v) is 21.9. The van der Waals surface area contributed by atoms with E-state index in [9.17, 15) is 23.7 Å². The lowest BCUT2D eigenvalue weighted by molar-refractivity contribution is 0.0777. The number of aldehydes is 1. The summed E-state index contributed by atoms with van der Waals surface area (Å²) in [5.74, 6) is -1.35. The van der Waals surface area contributed by atoms with Crippen molar-refractivity contribution in [1.29, 1.82) is 0 Å². The average Bonchev–Trinajstić information content (AvgIpc) is 2.88. The second kappa shape index (κ2) is 12.8. The van der Waals surface area contributed by atoms with E-state index in [2.05, 4.69) is 4.98 Å². The third-order valence-electron chi connectivity index (χ3n) is 5.51. The number of aromatic nitrogens is 1. The van der Waals surface area contributed by atoms with Crippen molar-refractivity contribution in [3.8, 4) is 11.5 Å². The summed E-state index contributed by atoms with van der Waals surface area (Å²) in [6.45, 7) is 4.05. The smallest absolute Gasteiger partial charge is 0.330 e. The zero-order valence-electron chi connectivity index (χ0n) is 21.0. The number of phenolic OH excluding ortho intramolecular Hbond substituents is 1. The van der Waals surface area contributed by atoms with Gasteiger partial charge in [0.1, 0.15) is 17.1 Å². The maximum Gasteiger partial charge on any atom is 0.330 e. The number of carbonyl (C=O) groups is 2. The van der Waals surface area contributed by atoms with E-state index in [1.165, 1.54) is 30.3 Å². The standard InChI is InChI=1S/C26H30FN2O7P/c1-4-35-37(33,36-5-2)15-7-14-34-25-20-8-6-13-28-23(20)24(31)21(17-30)22(25)26(32)29(3)16-18-9-11-19(27)12-10-18/h6,8-13,17,31H,4-5,7,14-16H2,1-3H3. The molecule has 0 aliphatic heterocycles. The molecule has 0 unspecified atom stereocenters. The number of fused-ring (bicyclic) bond motifs is 1. The normalized spacial score (nSPS) is 11.5. The summed E-state index contributed by atoms with van der Waals surface area (Å²) in [5, 5.41) is 11.1. The van der Waals surface area contributed by atoms with Gasteiger partial charge >= 0.3 is 7.60 Å². The van der Waals surface area contributed by atoms with Gasteiger partial charge in [-0.2, -0.15) is 0 Å². The molecule has 2 aromatic carbocycles. The predicted octanol–water partition coefficient (Wildman–Crippen LogP) is 5.20. The lowest BCUT2D eigenvalue weighted by atomic mass is 9.99. The molecular weight excluding hydrogens is 502 g/mol. The molecule has 1 aromatic heterocycles. The summed E-state index contributed by atoms with van der Waals surface area (Å²) in [6, 6.07) is 8.91. The molecule has 0 bridgehead atoms. The van der Waals surface area contributed by atoms with Crippen molar-refractivity contribution < 1.29 is 37.4 Å². The van der Waals surface area contributed by atoms with Crippen LogP contribution in [0.3, 0.4) is 0 Å². The fraction of sp³-hybridized carbons (Fsp3) is 0.346. The van der Waals surface area contributed by atoms with Crippen LogP contribution in [0.2, 0.25) is 0 Å². The summed E-state index contributed by atoms with van der Waals surface area (Å²) >= 11 is 0. The van der Waals surface area contributed by atoms with E-state index in [4.69, 9.17) is 13.8 Å². The molecule has 37 heavy (non-hydrogen) atoms. The summed E-state index contributed by atoms with van der Waals surface area (Å²) in [4.78, 5) is 31.1.